The monoisotopic (exact) mass is 553 g/mol. The Morgan fingerprint density at radius 3 is 2.63 bits per heavy atom. The average Bonchev–Trinajstić information content (AvgIpc) is 3.75. The van der Waals surface area contributed by atoms with Gasteiger partial charge in [-0.15, -0.1) is 5.10 Å². The Bertz CT molecular complexity index is 1620. The highest BCUT2D eigenvalue weighted by atomic mass is 16.5. The van der Waals surface area contributed by atoms with Crippen LogP contribution in [0.15, 0.2) is 88.0 Å². The molecule has 0 saturated carbocycles. The zero-order valence-corrected chi connectivity index (χ0v) is 23.2. The number of aryl methyl sites for hydroxylation is 1. The van der Waals surface area contributed by atoms with Crippen molar-refractivity contribution in [2.45, 2.75) is 39.9 Å². The number of allylic oxidation sites excluding steroid dienone is 1. The quantitative estimate of drug-likeness (QED) is 0.144. The van der Waals surface area contributed by atoms with Gasteiger partial charge in [0.15, 0.2) is 23.0 Å². The number of nitrogens with zero attached hydrogens (tertiary/aromatic N) is 3. The van der Waals surface area contributed by atoms with Crippen LogP contribution >= 0.6 is 0 Å². The smallest absolute Gasteiger partial charge is 0.263 e. The third-order valence-electron chi connectivity index (χ3n) is 6.27. The molecule has 0 aliphatic heterocycles. The molecule has 0 amide bonds. The Hall–Kier alpha value is -5.05. The van der Waals surface area contributed by atoms with Crippen LogP contribution in [0.5, 0.6) is 17.4 Å². The van der Waals surface area contributed by atoms with E-state index in [9.17, 15) is 4.79 Å². The molecule has 9 nitrogen and oxygen atoms in total. The molecule has 5 rings (SSSR count). The summed E-state index contributed by atoms with van der Waals surface area (Å²) >= 11 is 0. The lowest BCUT2D eigenvalue weighted by atomic mass is 10.2. The summed E-state index contributed by atoms with van der Waals surface area (Å²) in [5.74, 6) is 3.21. The molecule has 210 valence electrons. The fourth-order valence-corrected chi connectivity index (χ4v) is 4.11. The first kappa shape index (κ1) is 27.5. The number of benzene rings is 2. The Morgan fingerprint density at radius 2 is 1.88 bits per heavy atom. The third-order valence-corrected chi connectivity index (χ3v) is 6.27. The number of ketones is 1. The van der Waals surface area contributed by atoms with Crippen molar-refractivity contribution in [3.8, 4) is 34.7 Å². The third kappa shape index (κ3) is 6.75. The Morgan fingerprint density at radius 1 is 1.02 bits per heavy atom. The molecule has 2 aromatic carbocycles. The molecule has 0 atom stereocenters. The number of aromatic nitrogens is 3. The van der Waals surface area contributed by atoms with Gasteiger partial charge in [0.05, 0.1) is 24.6 Å². The largest absolute Gasteiger partial charge is 0.493 e. The van der Waals surface area contributed by atoms with Crippen LogP contribution in [-0.4, -0.2) is 27.7 Å². The molecular weight excluding hydrogens is 522 g/mol. The van der Waals surface area contributed by atoms with E-state index in [1.54, 1.807) is 42.3 Å². The normalized spacial score (nSPS) is 11.2. The fourth-order valence-electron chi connectivity index (χ4n) is 4.11. The number of methoxy groups -OCH3 is 1. The van der Waals surface area contributed by atoms with Gasteiger partial charge in [0, 0.05) is 12.6 Å². The van der Waals surface area contributed by atoms with E-state index in [1.807, 2.05) is 68.6 Å². The lowest BCUT2D eigenvalue weighted by Crippen LogP contribution is -2.02. The summed E-state index contributed by atoms with van der Waals surface area (Å²) in [4.78, 5) is 16.6. The van der Waals surface area contributed by atoms with Crippen molar-refractivity contribution in [2.24, 2.45) is 0 Å². The van der Waals surface area contributed by atoms with Gasteiger partial charge in [-0.05, 0) is 67.5 Å². The summed E-state index contributed by atoms with van der Waals surface area (Å²) in [6.07, 6.45) is 8.03. The van der Waals surface area contributed by atoms with Crippen molar-refractivity contribution < 1.29 is 27.8 Å². The predicted molar refractivity (Wildman–Crippen MR) is 153 cm³/mol. The van der Waals surface area contributed by atoms with Gasteiger partial charge in [0.1, 0.15) is 24.7 Å². The molecule has 0 saturated heterocycles. The standard InChI is InChI=1S/C32H31N3O6/c1-4-9-26(36)15-14-24-19-35(25-10-6-5-7-11-25)34-31(24)40-20-23-13-16-28(30(18-23)37-3)39-21-27-22(2)41-32(33-27)29-12-8-17-38-29/h5-8,10-19H,4,9,20-21H2,1-3H3/b15-14+. The average molecular weight is 554 g/mol. The van der Waals surface area contributed by atoms with E-state index < -0.39 is 0 Å². The summed E-state index contributed by atoms with van der Waals surface area (Å²) in [6.45, 7) is 4.25. The number of hydrogen-bond acceptors (Lipinski definition) is 8. The number of carbonyl (C=O) groups is 1. The molecule has 9 heteroatoms. The van der Waals surface area contributed by atoms with Crippen LogP contribution in [0.4, 0.5) is 0 Å². The van der Waals surface area contributed by atoms with Gasteiger partial charge in [-0.2, -0.15) is 0 Å². The molecule has 0 radical (unpaired) electrons. The van der Waals surface area contributed by atoms with Gasteiger partial charge in [-0.25, -0.2) is 9.67 Å². The minimum absolute atomic E-state index is 0.0595. The lowest BCUT2D eigenvalue weighted by molar-refractivity contribution is -0.114. The fraction of sp³-hybridized carbons (Fsp3) is 0.219. The summed E-state index contributed by atoms with van der Waals surface area (Å²) in [6, 6.07) is 18.9. The van der Waals surface area contributed by atoms with Crippen LogP contribution in [0.25, 0.3) is 23.4 Å². The Kier molecular flexibility index (Phi) is 8.64. The van der Waals surface area contributed by atoms with Crippen LogP contribution in [0.2, 0.25) is 0 Å². The van der Waals surface area contributed by atoms with Crippen molar-refractivity contribution >= 4 is 11.9 Å². The lowest BCUT2D eigenvalue weighted by Gasteiger charge is -2.12. The van der Waals surface area contributed by atoms with E-state index in [1.165, 1.54) is 0 Å². The molecule has 0 aliphatic rings. The van der Waals surface area contributed by atoms with E-state index in [-0.39, 0.29) is 19.0 Å². The Balaban J connectivity index is 1.29. The van der Waals surface area contributed by atoms with E-state index >= 15 is 0 Å². The zero-order chi connectivity index (χ0) is 28.6. The molecule has 0 aliphatic carbocycles. The predicted octanol–water partition coefficient (Wildman–Crippen LogP) is 6.98. The van der Waals surface area contributed by atoms with E-state index in [0.29, 0.717) is 52.5 Å². The van der Waals surface area contributed by atoms with Crippen molar-refractivity contribution in [1.29, 1.82) is 0 Å². The van der Waals surface area contributed by atoms with Gasteiger partial charge in [-0.1, -0.05) is 31.2 Å². The summed E-state index contributed by atoms with van der Waals surface area (Å²) in [5, 5.41) is 4.62. The number of oxazole rings is 1. The first-order chi connectivity index (χ1) is 20.0. The van der Waals surface area contributed by atoms with Crippen molar-refractivity contribution in [2.75, 3.05) is 7.11 Å². The van der Waals surface area contributed by atoms with Crippen LogP contribution in [0, 0.1) is 6.92 Å². The highest BCUT2D eigenvalue weighted by Crippen LogP contribution is 2.31. The SMILES string of the molecule is CCCC(=O)/C=C/c1cn(-c2ccccc2)nc1OCc1ccc(OCc2nc(-c3ccco3)oc2C)c(OC)c1. The first-order valence-electron chi connectivity index (χ1n) is 13.3. The van der Waals surface area contributed by atoms with Crippen LogP contribution in [0.1, 0.15) is 42.3 Å². The van der Waals surface area contributed by atoms with E-state index in [2.05, 4.69) is 10.1 Å². The van der Waals surface area contributed by atoms with Gasteiger partial charge >= 0.3 is 0 Å². The van der Waals surface area contributed by atoms with Gasteiger partial charge in [0.25, 0.3) is 5.89 Å². The highest BCUT2D eigenvalue weighted by Gasteiger charge is 2.16. The maximum Gasteiger partial charge on any atom is 0.263 e. The molecular formula is C32H31N3O6. The molecule has 0 N–H and O–H groups in total. The number of rotatable bonds is 13. The van der Waals surface area contributed by atoms with Crippen molar-refractivity contribution in [3.63, 3.8) is 0 Å². The summed E-state index contributed by atoms with van der Waals surface area (Å²) in [5.41, 5.74) is 3.12. The Labute approximate surface area is 238 Å². The number of furan rings is 1. The number of para-hydroxylation sites is 1. The summed E-state index contributed by atoms with van der Waals surface area (Å²) < 4.78 is 30.5. The second kappa shape index (κ2) is 12.9. The summed E-state index contributed by atoms with van der Waals surface area (Å²) in [7, 11) is 1.58. The topological polar surface area (TPSA) is 102 Å². The van der Waals surface area contributed by atoms with Crippen molar-refractivity contribution in [1.82, 2.24) is 14.8 Å². The number of hydrogen-bond donors (Lipinski definition) is 0. The van der Waals surface area contributed by atoms with Crippen molar-refractivity contribution in [3.05, 3.63) is 102 Å². The van der Waals surface area contributed by atoms with Gasteiger partial charge < -0.3 is 23.0 Å². The molecule has 0 fully saturated rings. The maximum atomic E-state index is 12.1. The van der Waals surface area contributed by atoms with Gasteiger partial charge in [0.2, 0.25) is 5.88 Å². The number of carbonyl (C=O) groups excluding carboxylic acids is 1. The molecule has 5 aromatic rings. The van der Waals surface area contributed by atoms with E-state index in [4.69, 9.17) is 23.0 Å². The molecule has 0 spiro atoms. The first-order valence-corrected chi connectivity index (χ1v) is 13.3. The molecule has 0 bridgehead atoms. The number of ether oxygens (including phenoxy) is 3. The molecule has 41 heavy (non-hydrogen) atoms. The van der Waals surface area contributed by atoms with E-state index in [0.717, 1.165) is 17.7 Å². The van der Waals surface area contributed by atoms with Crippen LogP contribution in [-0.2, 0) is 18.0 Å². The zero-order valence-electron chi connectivity index (χ0n) is 23.2. The van der Waals surface area contributed by atoms with Gasteiger partial charge in [-0.3, -0.25) is 4.79 Å². The molecule has 0 unspecified atom stereocenters. The minimum atomic E-state index is 0.0595. The molecule has 3 aromatic heterocycles. The second-order valence-corrected chi connectivity index (χ2v) is 9.28. The molecule has 3 heterocycles. The van der Waals surface area contributed by atoms with Crippen LogP contribution in [0.3, 0.4) is 0 Å². The maximum absolute atomic E-state index is 12.1. The van der Waals surface area contributed by atoms with Crippen LogP contribution < -0.4 is 14.2 Å². The highest BCUT2D eigenvalue weighted by molar-refractivity contribution is 5.93. The second-order valence-electron chi connectivity index (χ2n) is 9.28. The minimum Gasteiger partial charge on any atom is -0.493 e.